The Labute approximate surface area is 148 Å². The summed E-state index contributed by atoms with van der Waals surface area (Å²) in [6.07, 6.45) is 1.49. The molecule has 3 N–H and O–H groups in total. The lowest BCUT2D eigenvalue weighted by Gasteiger charge is -2.06. The molecule has 0 saturated carbocycles. The number of nitrogens with zero attached hydrogens (tertiary/aromatic N) is 1. The molecule has 0 heterocycles. The van der Waals surface area contributed by atoms with Gasteiger partial charge in [-0.2, -0.15) is 5.10 Å². The van der Waals surface area contributed by atoms with E-state index < -0.39 is 0 Å². The molecule has 0 aliphatic carbocycles. The summed E-state index contributed by atoms with van der Waals surface area (Å²) in [6, 6.07) is 12.3. The molecule has 24 heavy (non-hydrogen) atoms. The quantitative estimate of drug-likeness (QED) is 0.500. The van der Waals surface area contributed by atoms with Gasteiger partial charge in [-0.05, 0) is 55.0 Å². The number of rotatable bonds is 7. The van der Waals surface area contributed by atoms with Crippen molar-refractivity contribution >= 4 is 33.7 Å². The Kier molecular flexibility index (Phi) is 6.62. The van der Waals surface area contributed by atoms with Gasteiger partial charge in [0.15, 0.2) is 11.5 Å². The van der Waals surface area contributed by atoms with Crippen LogP contribution < -0.4 is 15.5 Å². The fourth-order valence-corrected chi connectivity index (χ4v) is 2.11. The molecular weight excluding hydrogens is 374 g/mol. The number of phenolic OH excluding ortho intramolecular Hbond substituents is 1. The second kappa shape index (κ2) is 8.93. The second-order valence-electron chi connectivity index (χ2n) is 4.81. The van der Waals surface area contributed by atoms with E-state index in [9.17, 15) is 9.90 Å². The zero-order valence-corrected chi connectivity index (χ0v) is 14.7. The largest absolute Gasteiger partial charge is 0.504 e. The van der Waals surface area contributed by atoms with Gasteiger partial charge >= 0.3 is 0 Å². The van der Waals surface area contributed by atoms with Crippen LogP contribution in [-0.4, -0.2) is 30.4 Å². The Morgan fingerprint density at radius 2 is 2.04 bits per heavy atom. The summed E-state index contributed by atoms with van der Waals surface area (Å²) in [7, 11) is 0. The Bertz CT molecular complexity index is 718. The van der Waals surface area contributed by atoms with Crippen molar-refractivity contribution in [2.24, 2.45) is 5.10 Å². The molecule has 2 aromatic carbocycles. The summed E-state index contributed by atoms with van der Waals surface area (Å²) >= 11 is 3.35. The lowest BCUT2D eigenvalue weighted by molar-refractivity contribution is -0.119. The minimum absolute atomic E-state index is 0.0664. The van der Waals surface area contributed by atoms with E-state index in [1.54, 1.807) is 12.1 Å². The highest BCUT2D eigenvalue weighted by Gasteiger charge is 2.03. The van der Waals surface area contributed by atoms with E-state index in [1.165, 1.54) is 12.3 Å². The third-order valence-electron chi connectivity index (χ3n) is 2.98. The number of anilines is 1. The average Bonchev–Trinajstić information content (AvgIpc) is 2.57. The van der Waals surface area contributed by atoms with Crippen LogP contribution in [0.25, 0.3) is 0 Å². The number of aromatic hydroxyl groups is 1. The van der Waals surface area contributed by atoms with Gasteiger partial charge in [0.1, 0.15) is 0 Å². The summed E-state index contributed by atoms with van der Waals surface area (Å²) in [5.41, 5.74) is 3.98. The molecule has 0 radical (unpaired) electrons. The summed E-state index contributed by atoms with van der Waals surface area (Å²) in [5.74, 6) is 0.180. The number of hydrogen-bond acceptors (Lipinski definition) is 5. The third kappa shape index (κ3) is 5.58. The number of nitrogens with one attached hydrogen (secondary N) is 2. The maximum absolute atomic E-state index is 11.7. The van der Waals surface area contributed by atoms with E-state index in [4.69, 9.17) is 4.74 Å². The first kappa shape index (κ1) is 17.8. The molecule has 0 atom stereocenters. The molecule has 0 fully saturated rings. The molecule has 0 aliphatic rings. The number of benzene rings is 2. The van der Waals surface area contributed by atoms with Crippen molar-refractivity contribution < 1.29 is 14.6 Å². The highest BCUT2D eigenvalue weighted by molar-refractivity contribution is 9.10. The fourth-order valence-electron chi connectivity index (χ4n) is 1.85. The first-order valence-corrected chi connectivity index (χ1v) is 8.15. The maximum atomic E-state index is 11.7. The lowest BCUT2D eigenvalue weighted by Crippen LogP contribution is -2.25. The highest BCUT2D eigenvalue weighted by Crippen LogP contribution is 2.26. The normalized spacial score (nSPS) is 10.6. The number of hydrazone groups is 1. The first-order chi connectivity index (χ1) is 11.6. The van der Waals surface area contributed by atoms with E-state index in [-0.39, 0.29) is 18.2 Å². The predicted molar refractivity (Wildman–Crippen MR) is 97.6 cm³/mol. The molecule has 0 saturated heterocycles. The van der Waals surface area contributed by atoms with Crippen molar-refractivity contribution in [3.8, 4) is 11.5 Å². The molecular formula is C17H18BrN3O3. The fraction of sp³-hybridized carbons (Fsp3) is 0.176. The SMILES string of the molecule is CCOc1cc(/C=N\NC(=O)CNc2ccc(Br)cc2)ccc1O. The summed E-state index contributed by atoms with van der Waals surface area (Å²) in [6.45, 7) is 2.39. The molecule has 0 aliphatic heterocycles. The number of ether oxygens (including phenoxy) is 1. The Hall–Kier alpha value is -2.54. The van der Waals surface area contributed by atoms with Crippen molar-refractivity contribution in [1.29, 1.82) is 0 Å². The van der Waals surface area contributed by atoms with Gasteiger partial charge in [0.2, 0.25) is 0 Å². The van der Waals surface area contributed by atoms with Crippen LogP contribution in [0.2, 0.25) is 0 Å². The molecule has 2 aromatic rings. The van der Waals surface area contributed by atoms with Gasteiger partial charge in [-0.25, -0.2) is 5.43 Å². The van der Waals surface area contributed by atoms with Crippen LogP contribution in [0.4, 0.5) is 5.69 Å². The minimum Gasteiger partial charge on any atom is -0.504 e. The van der Waals surface area contributed by atoms with Gasteiger partial charge in [0.25, 0.3) is 5.91 Å². The molecule has 0 spiro atoms. The smallest absolute Gasteiger partial charge is 0.259 e. The highest BCUT2D eigenvalue weighted by atomic mass is 79.9. The molecule has 7 heteroatoms. The van der Waals surface area contributed by atoms with E-state index in [0.717, 1.165) is 10.2 Å². The van der Waals surface area contributed by atoms with Gasteiger partial charge in [-0.3, -0.25) is 4.79 Å². The van der Waals surface area contributed by atoms with Gasteiger partial charge in [0, 0.05) is 10.2 Å². The standard InChI is InChI=1S/C17H18BrN3O3/c1-2-24-16-9-12(3-8-15(16)22)10-20-21-17(23)11-19-14-6-4-13(18)5-7-14/h3-10,19,22H,2,11H2,1H3,(H,21,23)/b20-10-. The van der Waals surface area contributed by atoms with Crippen LogP contribution in [0.3, 0.4) is 0 Å². The topological polar surface area (TPSA) is 83.0 Å². The molecule has 6 nitrogen and oxygen atoms in total. The number of halogens is 1. The molecule has 2 rings (SSSR count). The van der Waals surface area contributed by atoms with Crippen molar-refractivity contribution in [3.63, 3.8) is 0 Å². The zero-order valence-electron chi connectivity index (χ0n) is 13.1. The minimum atomic E-state index is -0.266. The van der Waals surface area contributed by atoms with E-state index in [2.05, 4.69) is 31.8 Å². The van der Waals surface area contributed by atoms with E-state index >= 15 is 0 Å². The summed E-state index contributed by atoms with van der Waals surface area (Å²) < 4.78 is 6.26. The average molecular weight is 392 g/mol. The van der Waals surface area contributed by atoms with Crippen molar-refractivity contribution in [2.75, 3.05) is 18.5 Å². The number of carbonyl (C=O) groups excluding carboxylic acids is 1. The second-order valence-corrected chi connectivity index (χ2v) is 5.73. The van der Waals surface area contributed by atoms with Crippen molar-refractivity contribution in [3.05, 3.63) is 52.5 Å². The van der Waals surface area contributed by atoms with E-state index in [0.29, 0.717) is 17.9 Å². The third-order valence-corrected chi connectivity index (χ3v) is 3.51. The number of carbonyl (C=O) groups is 1. The zero-order chi connectivity index (χ0) is 17.4. The Balaban J connectivity index is 1.83. The lowest BCUT2D eigenvalue weighted by atomic mass is 10.2. The number of amides is 1. The van der Waals surface area contributed by atoms with E-state index in [1.807, 2.05) is 31.2 Å². The van der Waals surface area contributed by atoms with Crippen LogP contribution in [0, 0.1) is 0 Å². The molecule has 1 amide bonds. The van der Waals surface area contributed by atoms with Gasteiger partial charge in [-0.15, -0.1) is 0 Å². The monoisotopic (exact) mass is 391 g/mol. The number of phenols is 1. The molecule has 126 valence electrons. The maximum Gasteiger partial charge on any atom is 0.259 e. The number of hydrogen-bond donors (Lipinski definition) is 3. The Morgan fingerprint density at radius 3 is 2.75 bits per heavy atom. The van der Waals surface area contributed by atoms with Crippen LogP contribution >= 0.6 is 15.9 Å². The Morgan fingerprint density at radius 1 is 1.29 bits per heavy atom. The molecule has 0 bridgehead atoms. The van der Waals surface area contributed by atoms with Crippen molar-refractivity contribution in [1.82, 2.24) is 5.43 Å². The molecule has 0 unspecified atom stereocenters. The van der Waals surface area contributed by atoms with Gasteiger partial charge in [0.05, 0.1) is 19.4 Å². The molecule has 0 aromatic heterocycles. The van der Waals surface area contributed by atoms with Crippen LogP contribution in [-0.2, 0) is 4.79 Å². The van der Waals surface area contributed by atoms with Crippen LogP contribution in [0.5, 0.6) is 11.5 Å². The van der Waals surface area contributed by atoms with Crippen LogP contribution in [0.15, 0.2) is 52.0 Å². The first-order valence-electron chi connectivity index (χ1n) is 7.35. The van der Waals surface area contributed by atoms with Crippen molar-refractivity contribution in [2.45, 2.75) is 6.92 Å². The predicted octanol–water partition coefficient (Wildman–Crippen LogP) is 3.12. The van der Waals surface area contributed by atoms with Crippen LogP contribution in [0.1, 0.15) is 12.5 Å². The summed E-state index contributed by atoms with van der Waals surface area (Å²) in [4.78, 5) is 11.7. The van der Waals surface area contributed by atoms with Gasteiger partial charge in [-0.1, -0.05) is 15.9 Å². The summed E-state index contributed by atoms with van der Waals surface area (Å²) in [5, 5.41) is 16.5. The van der Waals surface area contributed by atoms with Gasteiger partial charge < -0.3 is 15.2 Å².